The molecule has 0 fully saturated rings. The zero-order valence-corrected chi connectivity index (χ0v) is 19.8. The van der Waals surface area contributed by atoms with Crippen LogP contribution in [0.25, 0.3) is 16.7 Å². The molecule has 0 saturated heterocycles. The zero-order chi connectivity index (χ0) is 23.3. The lowest BCUT2D eigenvalue weighted by Gasteiger charge is -2.29. The van der Waals surface area contributed by atoms with E-state index in [-0.39, 0.29) is 0 Å². The number of hydrogen-bond donors (Lipinski definition) is 0. The van der Waals surface area contributed by atoms with Crippen molar-refractivity contribution >= 4 is 16.9 Å². The standard InChI is InChI=1S/C33H29N/c1-25-15-17-29(18-16-25)30-20-23-32(24-21-30)34(33-14-7-6-9-26(33)2)31-13-8-12-28(19-22-31)27-10-4-3-5-11-27/h3-12,14-24H,13H2,1-2H3. The summed E-state index contributed by atoms with van der Waals surface area (Å²) < 4.78 is 0. The first-order chi connectivity index (χ1) is 16.7. The maximum atomic E-state index is 2.39. The van der Waals surface area contributed by atoms with Crippen LogP contribution in [0.3, 0.4) is 0 Å². The first-order valence-electron chi connectivity index (χ1n) is 11.8. The Hall–Kier alpha value is -4.10. The second-order valence-electron chi connectivity index (χ2n) is 8.79. The normalized spacial score (nSPS) is 13.1. The summed E-state index contributed by atoms with van der Waals surface area (Å²) in [6.45, 7) is 4.31. The van der Waals surface area contributed by atoms with Crippen molar-refractivity contribution in [2.24, 2.45) is 0 Å². The first-order valence-corrected chi connectivity index (χ1v) is 11.8. The fourth-order valence-corrected chi connectivity index (χ4v) is 4.43. The first kappa shape index (κ1) is 21.7. The minimum Gasteiger partial charge on any atom is -0.314 e. The van der Waals surface area contributed by atoms with Crippen molar-refractivity contribution in [1.82, 2.24) is 0 Å². The lowest BCUT2D eigenvalue weighted by molar-refractivity contribution is 1.07. The monoisotopic (exact) mass is 439 g/mol. The highest BCUT2D eigenvalue weighted by Gasteiger charge is 2.17. The van der Waals surface area contributed by atoms with Gasteiger partial charge in [-0.1, -0.05) is 109 Å². The molecule has 0 amide bonds. The quantitative estimate of drug-likeness (QED) is 0.300. The summed E-state index contributed by atoms with van der Waals surface area (Å²) in [5.41, 5.74) is 11.1. The van der Waals surface area contributed by atoms with E-state index in [9.17, 15) is 0 Å². The number of aryl methyl sites for hydroxylation is 2. The van der Waals surface area contributed by atoms with E-state index in [0.29, 0.717) is 0 Å². The molecule has 4 aromatic rings. The van der Waals surface area contributed by atoms with Gasteiger partial charge in [-0.2, -0.15) is 0 Å². The third kappa shape index (κ3) is 4.65. The van der Waals surface area contributed by atoms with E-state index < -0.39 is 0 Å². The number of para-hydroxylation sites is 1. The van der Waals surface area contributed by atoms with Crippen molar-refractivity contribution in [2.45, 2.75) is 20.3 Å². The van der Waals surface area contributed by atoms with Gasteiger partial charge in [-0.05, 0) is 65.9 Å². The zero-order valence-electron chi connectivity index (χ0n) is 19.8. The average Bonchev–Trinajstić information content (AvgIpc) is 3.13. The van der Waals surface area contributed by atoms with Crippen LogP contribution in [-0.2, 0) is 0 Å². The van der Waals surface area contributed by atoms with Gasteiger partial charge in [0.2, 0.25) is 0 Å². The predicted octanol–water partition coefficient (Wildman–Crippen LogP) is 9.04. The Morgan fingerprint density at radius 2 is 1.24 bits per heavy atom. The third-order valence-electron chi connectivity index (χ3n) is 6.34. The Balaban J connectivity index is 1.55. The van der Waals surface area contributed by atoms with Gasteiger partial charge in [0.15, 0.2) is 0 Å². The molecule has 0 heterocycles. The predicted molar refractivity (Wildman–Crippen MR) is 146 cm³/mol. The molecule has 5 rings (SSSR count). The largest absolute Gasteiger partial charge is 0.314 e. The number of nitrogens with zero attached hydrogens (tertiary/aromatic N) is 1. The van der Waals surface area contributed by atoms with Crippen LogP contribution in [0.4, 0.5) is 11.4 Å². The molecule has 0 bridgehead atoms. The molecule has 0 atom stereocenters. The Bertz CT molecular complexity index is 1350. The van der Waals surface area contributed by atoms with Crippen LogP contribution in [0.2, 0.25) is 0 Å². The molecule has 1 heteroatoms. The Morgan fingerprint density at radius 3 is 1.94 bits per heavy atom. The van der Waals surface area contributed by atoms with Crippen LogP contribution >= 0.6 is 0 Å². The summed E-state index contributed by atoms with van der Waals surface area (Å²) in [5, 5.41) is 0. The SMILES string of the molecule is Cc1ccc(-c2ccc(N(C3=CC=C(c4ccccc4)C=CC3)c3ccccc3C)cc2)cc1. The number of allylic oxidation sites excluding steroid dienone is 5. The van der Waals surface area contributed by atoms with Crippen molar-refractivity contribution in [1.29, 1.82) is 0 Å². The van der Waals surface area contributed by atoms with Gasteiger partial charge in [-0.3, -0.25) is 0 Å². The molecule has 0 radical (unpaired) electrons. The Morgan fingerprint density at radius 1 is 0.588 bits per heavy atom. The minimum absolute atomic E-state index is 0.862. The molecule has 34 heavy (non-hydrogen) atoms. The third-order valence-corrected chi connectivity index (χ3v) is 6.34. The maximum absolute atomic E-state index is 2.39. The van der Waals surface area contributed by atoms with E-state index in [0.717, 1.165) is 6.42 Å². The molecule has 0 spiro atoms. The van der Waals surface area contributed by atoms with Crippen LogP contribution in [0.15, 0.2) is 133 Å². The minimum atomic E-state index is 0.862. The average molecular weight is 440 g/mol. The molecule has 4 aromatic carbocycles. The molecule has 0 saturated carbocycles. The summed E-state index contributed by atoms with van der Waals surface area (Å²) in [6, 6.07) is 36.8. The molecule has 0 aromatic heterocycles. The lowest BCUT2D eigenvalue weighted by atomic mass is 10.0. The van der Waals surface area contributed by atoms with Gasteiger partial charge in [-0.15, -0.1) is 0 Å². The van der Waals surface area contributed by atoms with Crippen molar-refractivity contribution in [3.8, 4) is 11.1 Å². The summed E-state index contributed by atoms with van der Waals surface area (Å²) in [5.74, 6) is 0. The van der Waals surface area contributed by atoms with Crippen LogP contribution in [-0.4, -0.2) is 0 Å². The van der Waals surface area contributed by atoms with Crippen LogP contribution in [0.1, 0.15) is 23.1 Å². The molecule has 1 nitrogen and oxygen atoms in total. The smallest absolute Gasteiger partial charge is 0.0487 e. The molecular formula is C33H29N. The number of anilines is 2. The molecule has 1 aliphatic rings. The van der Waals surface area contributed by atoms with E-state index in [1.54, 1.807) is 0 Å². The molecule has 0 N–H and O–H groups in total. The fraction of sp³-hybridized carbons (Fsp3) is 0.0909. The molecule has 0 unspecified atom stereocenters. The molecule has 166 valence electrons. The number of benzene rings is 4. The van der Waals surface area contributed by atoms with Gasteiger partial charge < -0.3 is 4.90 Å². The second kappa shape index (κ2) is 9.80. The van der Waals surface area contributed by atoms with Gasteiger partial charge in [-0.25, -0.2) is 0 Å². The number of rotatable bonds is 5. The summed E-state index contributed by atoms with van der Waals surface area (Å²) >= 11 is 0. The van der Waals surface area contributed by atoms with E-state index in [2.05, 4.69) is 146 Å². The highest BCUT2D eigenvalue weighted by atomic mass is 15.1. The molecular weight excluding hydrogens is 410 g/mol. The summed E-state index contributed by atoms with van der Waals surface area (Å²) in [6.07, 6.45) is 9.86. The highest BCUT2D eigenvalue weighted by molar-refractivity contribution is 5.78. The van der Waals surface area contributed by atoms with Crippen molar-refractivity contribution in [3.63, 3.8) is 0 Å². The van der Waals surface area contributed by atoms with Crippen molar-refractivity contribution < 1.29 is 0 Å². The highest BCUT2D eigenvalue weighted by Crippen LogP contribution is 2.36. The Labute approximate surface area is 203 Å². The van der Waals surface area contributed by atoms with E-state index in [1.165, 1.54) is 50.5 Å². The topological polar surface area (TPSA) is 3.24 Å². The van der Waals surface area contributed by atoms with Gasteiger partial charge >= 0.3 is 0 Å². The fourth-order valence-electron chi connectivity index (χ4n) is 4.43. The maximum Gasteiger partial charge on any atom is 0.0487 e. The van der Waals surface area contributed by atoms with Gasteiger partial charge in [0.05, 0.1) is 0 Å². The van der Waals surface area contributed by atoms with E-state index in [1.807, 2.05) is 0 Å². The summed E-state index contributed by atoms with van der Waals surface area (Å²) in [4.78, 5) is 2.39. The molecule has 1 aliphatic carbocycles. The molecule has 0 aliphatic heterocycles. The van der Waals surface area contributed by atoms with Crippen LogP contribution in [0, 0.1) is 13.8 Å². The van der Waals surface area contributed by atoms with Gasteiger partial charge in [0, 0.05) is 23.5 Å². The van der Waals surface area contributed by atoms with Crippen molar-refractivity contribution in [2.75, 3.05) is 4.90 Å². The van der Waals surface area contributed by atoms with Gasteiger partial charge in [0.25, 0.3) is 0 Å². The number of hydrogen-bond acceptors (Lipinski definition) is 1. The van der Waals surface area contributed by atoms with E-state index >= 15 is 0 Å². The summed E-state index contributed by atoms with van der Waals surface area (Å²) in [7, 11) is 0. The second-order valence-corrected chi connectivity index (χ2v) is 8.79. The van der Waals surface area contributed by atoms with Gasteiger partial charge in [0.1, 0.15) is 0 Å². The van der Waals surface area contributed by atoms with Crippen molar-refractivity contribution in [3.05, 3.63) is 150 Å². The lowest BCUT2D eigenvalue weighted by Crippen LogP contribution is -2.17. The van der Waals surface area contributed by atoms with Crippen LogP contribution < -0.4 is 4.90 Å². The van der Waals surface area contributed by atoms with Crippen LogP contribution in [0.5, 0.6) is 0 Å². The van der Waals surface area contributed by atoms with E-state index in [4.69, 9.17) is 0 Å². The Kier molecular flexibility index (Phi) is 6.27.